The van der Waals surface area contributed by atoms with Crippen molar-refractivity contribution in [3.63, 3.8) is 0 Å². The minimum Gasteiger partial charge on any atom is -0.426 e. The van der Waals surface area contributed by atoms with Crippen LogP contribution in [0.3, 0.4) is 0 Å². The molecule has 0 fully saturated rings. The Morgan fingerprint density at radius 3 is 1.75 bits per heavy atom. The smallest absolute Gasteiger partial charge is 0.231 e. The molecule has 0 amide bonds. The summed E-state index contributed by atoms with van der Waals surface area (Å²) in [7, 11) is -5.90. The minimum absolute atomic E-state index is 0.276. The number of aliphatic hydroxyl groups excluding tert-OH is 2. The Morgan fingerprint density at radius 1 is 0.906 bits per heavy atom. The average molecular weight is 483 g/mol. The van der Waals surface area contributed by atoms with Gasteiger partial charge in [-0.1, -0.05) is 92.1 Å². The van der Waals surface area contributed by atoms with Crippen LogP contribution in [0, 0.1) is 0 Å². The summed E-state index contributed by atoms with van der Waals surface area (Å²) in [5, 5.41) is 20.3. The van der Waals surface area contributed by atoms with Gasteiger partial charge in [-0.15, -0.1) is 0 Å². The van der Waals surface area contributed by atoms with E-state index in [1.165, 1.54) is 0 Å². The van der Waals surface area contributed by atoms with Crippen LogP contribution in [0.15, 0.2) is 30.3 Å². The quantitative estimate of drug-likeness (QED) is 0.373. The molecular weight excluding hydrogens is 432 g/mol. The van der Waals surface area contributed by atoms with Gasteiger partial charge >= 0.3 is 0 Å². The molecule has 0 saturated carbocycles. The third-order valence-electron chi connectivity index (χ3n) is 8.12. The fourth-order valence-electron chi connectivity index (χ4n) is 6.16. The number of aliphatic hydroxyl groups is 2. The van der Waals surface area contributed by atoms with Crippen molar-refractivity contribution in [2.24, 2.45) is 0 Å². The Bertz CT molecular complexity index is 726. The van der Waals surface area contributed by atoms with E-state index >= 15 is 0 Å². The van der Waals surface area contributed by atoms with E-state index < -0.39 is 33.4 Å². The lowest BCUT2D eigenvalue weighted by atomic mass is 9.92. The zero-order valence-corrected chi connectivity index (χ0v) is 24.5. The molecule has 32 heavy (non-hydrogen) atoms. The predicted octanol–water partition coefficient (Wildman–Crippen LogP) is 5.72. The molecule has 1 rings (SSSR count). The van der Waals surface area contributed by atoms with Crippen molar-refractivity contribution >= 4 is 21.8 Å². The highest BCUT2D eigenvalue weighted by Gasteiger charge is 2.69. The summed E-state index contributed by atoms with van der Waals surface area (Å²) in [6.07, 6.45) is -0.00116. The molecular formula is C26H50O4Si2. The molecule has 3 N–H and O–H groups in total. The van der Waals surface area contributed by atoms with Gasteiger partial charge in [-0.25, -0.2) is 0 Å². The number of hydrogen-bond acceptors (Lipinski definition) is 4. The second-order valence-corrected chi connectivity index (χ2v) is 21.4. The van der Waals surface area contributed by atoms with E-state index in [0.717, 1.165) is 17.7 Å². The molecule has 6 heteroatoms. The Labute approximate surface area is 199 Å². The van der Waals surface area contributed by atoms with Crippen LogP contribution in [0.2, 0.25) is 27.2 Å². The monoisotopic (exact) mass is 482 g/mol. The van der Waals surface area contributed by atoms with E-state index in [4.69, 9.17) is 4.43 Å². The third kappa shape index (κ3) is 5.10. The molecule has 186 valence electrons. The maximum Gasteiger partial charge on any atom is 0.231 e. The third-order valence-corrected chi connectivity index (χ3v) is 20.3. The summed E-state index contributed by atoms with van der Waals surface area (Å²) in [4.78, 5) is 12.9. The van der Waals surface area contributed by atoms with E-state index in [-0.39, 0.29) is 16.7 Å². The Kier molecular flexibility index (Phi) is 9.23. The molecule has 0 bridgehead atoms. The molecule has 0 saturated heterocycles. The van der Waals surface area contributed by atoms with E-state index in [9.17, 15) is 15.0 Å². The molecule has 4 nitrogen and oxygen atoms in total. The van der Waals surface area contributed by atoms with E-state index in [0.29, 0.717) is 6.04 Å². The number of benzene rings is 1. The van der Waals surface area contributed by atoms with Crippen LogP contribution in [0.4, 0.5) is 0 Å². The zero-order valence-electron chi connectivity index (χ0n) is 22.5. The van der Waals surface area contributed by atoms with Crippen molar-refractivity contribution in [1.29, 1.82) is 0 Å². The zero-order chi connectivity index (χ0) is 25.2. The molecule has 0 aliphatic heterocycles. The van der Waals surface area contributed by atoms with Gasteiger partial charge in [0.25, 0.3) is 0 Å². The van der Waals surface area contributed by atoms with Crippen LogP contribution >= 0.6 is 0 Å². The molecule has 4 atom stereocenters. The number of hydrogen-bond donors (Lipinski definition) is 3. The molecule has 0 spiro atoms. The highest BCUT2D eigenvalue weighted by molar-refractivity contribution is 6.92. The SMILES string of the molecule is CCC(C)(C(C)(C)[Si](O)(c1ccccc1)C(C)(C)C)[Si](CC)(CC(O)CO)OC(C)(C)C. The normalized spacial score (nSPS) is 20.2. The Morgan fingerprint density at radius 2 is 1.41 bits per heavy atom. The predicted molar refractivity (Wildman–Crippen MR) is 141 cm³/mol. The van der Waals surface area contributed by atoms with E-state index in [1.54, 1.807) is 0 Å². The first-order valence-corrected chi connectivity index (χ1v) is 16.4. The second-order valence-electron chi connectivity index (χ2n) is 12.2. The lowest BCUT2D eigenvalue weighted by molar-refractivity contribution is 0.0727. The van der Waals surface area contributed by atoms with Crippen molar-refractivity contribution in [1.82, 2.24) is 0 Å². The summed E-state index contributed by atoms with van der Waals surface area (Å²) >= 11 is 0. The van der Waals surface area contributed by atoms with Crippen LogP contribution in [0.25, 0.3) is 0 Å². The van der Waals surface area contributed by atoms with Crippen LogP contribution in [0.1, 0.15) is 82.6 Å². The highest BCUT2D eigenvalue weighted by Crippen LogP contribution is 2.69. The molecule has 0 aliphatic carbocycles. The lowest BCUT2D eigenvalue weighted by Gasteiger charge is -2.63. The van der Waals surface area contributed by atoms with Crippen LogP contribution in [0.5, 0.6) is 0 Å². The van der Waals surface area contributed by atoms with Crippen molar-refractivity contribution < 1.29 is 19.4 Å². The summed E-state index contributed by atoms with van der Waals surface area (Å²) in [6.45, 7) is 23.5. The van der Waals surface area contributed by atoms with Crippen molar-refractivity contribution in [2.45, 2.75) is 121 Å². The van der Waals surface area contributed by atoms with Crippen molar-refractivity contribution in [2.75, 3.05) is 6.61 Å². The van der Waals surface area contributed by atoms with Crippen molar-refractivity contribution in [3.8, 4) is 0 Å². The minimum atomic E-state index is -3.16. The summed E-state index contributed by atoms with van der Waals surface area (Å²) < 4.78 is 7.01. The largest absolute Gasteiger partial charge is 0.426 e. The van der Waals surface area contributed by atoms with Gasteiger partial charge in [0.1, 0.15) is 0 Å². The molecule has 1 aromatic carbocycles. The Hall–Kier alpha value is -0.506. The van der Waals surface area contributed by atoms with E-state index in [2.05, 4.69) is 88.3 Å². The van der Waals surface area contributed by atoms with Gasteiger partial charge in [0.05, 0.1) is 12.7 Å². The molecule has 0 aliphatic rings. The van der Waals surface area contributed by atoms with Gasteiger partial charge in [-0.3, -0.25) is 0 Å². The van der Waals surface area contributed by atoms with Gasteiger partial charge in [-0.05, 0) is 53.2 Å². The van der Waals surface area contributed by atoms with E-state index in [1.807, 2.05) is 18.2 Å². The summed E-state index contributed by atoms with van der Waals surface area (Å²) in [6, 6.07) is 11.5. The lowest BCUT2D eigenvalue weighted by Crippen LogP contribution is -2.70. The molecule has 4 unspecified atom stereocenters. The fraction of sp³-hybridized carbons (Fsp3) is 0.769. The highest BCUT2D eigenvalue weighted by atomic mass is 28.4. The molecule has 0 heterocycles. The van der Waals surface area contributed by atoms with Crippen LogP contribution in [-0.4, -0.2) is 50.0 Å². The standard InChI is InChI=1S/C26H50O4Si2/c1-12-26(11,31(13-2,20-21(28)19-27)30-23(3,4)5)25(9,10)32(29,24(6,7)8)22-17-15-14-16-18-22/h14-18,21,27-29H,12-13,19-20H2,1-11H3. The second kappa shape index (κ2) is 10.0. The molecule has 0 radical (unpaired) electrons. The first-order valence-electron chi connectivity index (χ1n) is 12.2. The first-order chi connectivity index (χ1) is 14.4. The average Bonchev–Trinajstić information content (AvgIpc) is 2.70. The van der Waals surface area contributed by atoms with Gasteiger partial charge < -0.3 is 19.4 Å². The summed E-state index contributed by atoms with van der Waals surface area (Å²) in [5.41, 5.74) is -0.391. The fourth-order valence-corrected chi connectivity index (χ4v) is 18.3. The summed E-state index contributed by atoms with van der Waals surface area (Å²) in [5.74, 6) is 0. The van der Waals surface area contributed by atoms with Crippen LogP contribution < -0.4 is 5.19 Å². The van der Waals surface area contributed by atoms with Crippen LogP contribution in [-0.2, 0) is 4.43 Å². The maximum atomic E-state index is 12.9. The van der Waals surface area contributed by atoms with Crippen molar-refractivity contribution in [3.05, 3.63) is 30.3 Å². The van der Waals surface area contributed by atoms with Gasteiger partial charge in [0.15, 0.2) is 0 Å². The molecule has 0 aromatic heterocycles. The number of rotatable bonds is 10. The van der Waals surface area contributed by atoms with Gasteiger partial charge in [0, 0.05) is 5.60 Å². The first kappa shape index (κ1) is 29.5. The van der Waals surface area contributed by atoms with Gasteiger partial charge in [-0.2, -0.15) is 0 Å². The Balaban J connectivity index is 3.97. The maximum absolute atomic E-state index is 12.9. The molecule has 1 aromatic rings. The van der Waals surface area contributed by atoms with Gasteiger partial charge in [0.2, 0.25) is 16.6 Å². The topological polar surface area (TPSA) is 69.9 Å².